The minimum atomic E-state index is -0.0736. The lowest BCUT2D eigenvalue weighted by Gasteiger charge is -2.13. The van der Waals surface area contributed by atoms with Crippen LogP contribution >= 0.6 is 0 Å². The molecule has 0 spiro atoms. The number of carbonyl (C=O) groups excluding carboxylic acids is 1. The second kappa shape index (κ2) is 9.27. The predicted octanol–water partition coefficient (Wildman–Crippen LogP) is 3.65. The Balaban J connectivity index is 2.66. The number of hydrogen-bond donors (Lipinski definition) is 1. The summed E-state index contributed by atoms with van der Waals surface area (Å²) in [6, 6.07) is 5.30. The van der Waals surface area contributed by atoms with Crippen LogP contribution in [0.1, 0.15) is 50.4 Å². The molecular weight excluding hydrogens is 266 g/mol. The maximum atomic E-state index is 12.0. The van der Waals surface area contributed by atoms with Gasteiger partial charge < -0.3 is 14.8 Å². The summed E-state index contributed by atoms with van der Waals surface area (Å²) < 4.78 is 11.0. The van der Waals surface area contributed by atoms with E-state index in [1.807, 2.05) is 0 Å². The topological polar surface area (TPSA) is 47.6 Å². The molecule has 0 aliphatic rings. The zero-order valence-electron chi connectivity index (χ0n) is 13.6. The lowest BCUT2D eigenvalue weighted by atomic mass is 10.1. The van der Waals surface area contributed by atoms with Gasteiger partial charge in [-0.2, -0.15) is 0 Å². The monoisotopic (exact) mass is 293 g/mol. The van der Waals surface area contributed by atoms with Gasteiger partial charge in [0.2, 0.25) is 0 Å². The highest BCUT2D eigenvalue weighted by atomic mass is 16.5. The molecule has 0 heterocycles. The molecule has 1 aromatic carbocycles. The van der Waals surface area contributed by atoms with Crippen LogP contribution in [-0.2, 0) is 0 Å². The van der Waals surface area contributed by atoms with Crippen molar-refractivity contribution in [2.75, 3.05) is 20.3 Å². The number of rotatable bonds is 9. The van der Waals surface area contributed by atoms with Crippen molar-refractivity contribution in [1.29, 1.82) is 0 Å². The molecule has 0 bridgehead atoms. The quantitative estimate of drug-likeness (QED) is 0.707. The van der Waals surface area contributed by atoms with E-state index >= 15 is 0 Å². The van der Waals surface area contributed by atoms with Crippen molar-refractivity contribution in [2.24, 2.45) is 5.92 Å². The summed E-state index contributed by atoms with van der Waals surface area (Å²) >= 11 is 0. The van der Waals surface area contributed by atoms with Crippen molar-refractivity contribution in [3.05, 3.63) is 23.8 Å². The number of amides is 1. The van der Waals surface area contributed by atoms with Gasteiger partial charge in [0.05, 0.1) is 13.7 Å². The third-order valence-electron chi connectivity index (χ3n) is 3.19. The second-order valence-corrected chi connectivity index (χ2v) is 5.51. The van der Waals surface area contributed by atoms with Crippen molar-refractivity contribution in [3.8, 4) is 11.5 Å². The van der Waals surface area contributed by atoms with Gasteiger partial charge in [-0.25, -0.2) is 0 Å². The molecule has 0 fully saturated rings. The normalized spacial score (nSPS) is 10.5. The smallest absolute Gasteiger partial charge is 0.251 e. The van der Waals surface area contributed by atoms with Crippen LogP contribution in [-0.4, -0.2) is 26.2 Å². The summed E-state index contributed by atoms with van der Waals surface area (Å²) in [4.78, 5) is 12.0. The maximum absolute atomic E-state index is 12.0. The molecule has 0 aliphatic carbocycles. The molecule has 4 heteroatoms. The van der Waals surface area contributed by atoms with Crippen LogP contribution in [0.3, 0.4) is 0 Å². The zero-order chi connectivity index (χ0) is 15.7. The van der Waals surface area contributed by atoms with E-state index in [1.54, 1.807) is 25.3 Å². The molecule has 0 aromatic heterocycles. The molecule has 1 N–H and O–H groups in total. The molecule has 0 unspecified atom stereocenters. The molecule has 0 atom stereocenters. The molecule has 1 rings (SSSR count). The Labute approximate surface area is 127 Å². The fourth-order valence-corrected chi connectivity index (χ4v) is 1.81. The number of ether oxygens (including phenoxy) is 2. The highest BCUT2D eigenvalue weighted by molar-refractivity contribution is 5.94. The Bertz CT molecular complexity index is 444. The van der Waals surface area contributed by atoms with E-state index in [-0.39, 0.29) is 5.91 Å². The van der Waals surface area contributed by atoms with Gasteiger partial charge in [-0.3, -0.25) is 4.79 Å². The summed E-state index contributed by atoms with van der Waals surface area (Å²) in [6.45, 7) is 7.76. The van der Waals surface area contributed by atoms with Gasteiger partial charge in [0.15, 0.2) is 11.5 Å². The lowest BCUT2D eigenvalue weighted by molar-refractivity contribution is 0.0952. The van der Waals surface area contributed by atoms with Gasteiger partial charge >= 0.3 is 0 Å². The Kier molecular flexibility index (Phi) is 7.65. The zero-order valence-corrected chi connectivity index (χ0v) is 13.6. The number of carbonyl (C=O) groups is 1. The molecule has 0 saturated carbocycles. The van der Waals surface area contributed by atoms with Crippen LogP contribution in [0, 0.1) is 5.92 Å². The van der Waals surface area contributed by atoms with E-state index < -0.39 is 0 Å². The third kappa shape index (κ3) is 6.06. The second-order valence-electron chi connectivity index (χ2n) is 5.51. The van der Waals surface area contributed by atoms with E-state index in [2.05, 4.69) is 26.1 Å². The highest BCUT2D eigenvalue weighted by Crippen LogP contribution is 2.28. The van der Waals surface area contributed by atoms with Crippen LogP contribution in [0.15, 0.2) is 18.2 Å². The highest BCUT2D eigenvalue weighted by Gasteiger charge is 2.11. The van der Waals surface area contributed by atoms with Crippen LogP contribution in [0.25, 0.3) is 0 Å². The van der Waals surface area contributed by atoms with Gasteiger partial charge in [-0.1, -0.05) is 27.2 Å². The first kappa shape index (κ1) is 17.3. The average Bonchev–Trinajstić information content (AvgIpc) is 2.47. The molecule has 118 valence electrons. The van der Waals surface area contributed by atoms with Gasteiger partial charge in [-0.05, 0) is 37.0 Å². The number of benzene rings is 1. The molecule has 4 nitrogen and oxygen atoms in total. The van der Waals surface area contributed by atoms with E-state index in [0.717, 1.165) is 19.3 Å². The van der Waals surface area contributed by atoms with Gasteiger partial charge in [0.25, 0.3) is 5.91 Å². The van der Waals surface area contributed by atoms with Crippen LogP contribution < -0.4 is 14.8 Å². The summed E-state index contributed by atoms with van der Waals surface area (Å²) in [5.41, 5.74) is 0.596. The number of hydrogen-bond acceptors (Lipinski definition) is 3. The number of methoxy groups -OCH3 is 1. The summed E-state index contributed by atoms with van der Waals surface area (Å²) in [5, 5.41) is 2.89. The average molecular weight is 293 g/mol. The van der Waals surface area contributed by atoms with Crippen LogP contribution in [0.2, 0.25) is 0 Å². The van der Waals surface area contributed by atoms with Crippen molar-refractivity contribution in [2.45, 2.75) is 40.0 Å². The molecule has 0 saturated heterocycles. The number of unbranched alkanes of at least 4 members (excludes halogenated alkanes) is 1. The van der Waals surface area contributed by atoms with E-state index in [9.17, 15) is 4.79 Å². The fourth-order valence-electron chi connectivity index (χ4n) is 1.81. The van der Waals surface area contributed by atoms with E-state index in [1.165, 1.54) is 0 Å². The van der Waals surface area contributed by atoms with E-state index in [0.29, 0.717) is 36.1 Å². The molecule has 0 radical (unpaired) electrons. The molecule has 0 aliphatic heterocycles. The van der Waals surface area contributed by atoms with Gasteiger partial charge in [0, 0.05) is 12.1 Å². The molecular formula is C17H27NO3. The minimum absolute atomic E-state index is 0.0736. The van der Waals surface area contributed by atoms with Crippen molar-refractivity contribution >= 4 is 5.91 Å². The summed E-state index contributed by atoms with van der Waals surface area (Å²) in [5.74, 6) is 1.81. The first-order chi connectivity index (χ1) is 10.1. The molecule has 1 aromatic rings. The standard InChI is InChI=1S/C17H27NO3/c1-5-6-10-18-17(19)14-7-8-15(16(12-14)20-4)21-11-9-13(2)3/h7-8,12-13H,5-6,9-11H2,1-4H3,(H,18,19). The maximum Gasteiger partial charge on any atom is 0.251 e. The van der Waals surface area contributed by atoms with E-state index in [4.69, 9.17) is 9.47 Å². The van der Waals surface area contributed by atoms with Gasteiger partial charge in [-0.15, -0.1) is 0 Å². The Morgan fingerprint density at radius 2 is 2.05 bits per heavy atom. The van der Waals surface area contributed by atoms with Crippen LogP contribution in [0.5, 0.6) is 11.5 Å². The van der Waals surface area contributed by atoms with Crippen molar-refractivity contribution < 1.29 is 14.3 Å². The Morgan fingerprint density at radius 1 is 1.29 bits per heavy atom. The Morgan fingerprint density at radius 3 is 2.67 bits per heavy atom. The molecule has 21 heavy (non-hydrogen) atoms. The predicted molar refractivity (Wildman–Crippen MR) is 85.2 cm³/mol. The largest absolute Gasteiger partial charge is 0.493 e. The molecule has 1 amide bonds. The van der Waals surface area contributed by atoms with Crippen molar-refractivity contribution in [3.63, 3.8) is 0 Å². The summed E-state index contributed by atoms with van der Waals surface area (Å²) in [7, 11) is 1.59. The number of nitrogens with one attached hydrogen (secondary N) is 1. The lowest BCUT2D eigenvalue weighted by Crippen LogP contribution is -2.24. The van der Waals surface area contributed by atoms with Crippen molar-refractivity contribution in [1.82, 2.24) is 5.32 Å². The van der Waals surface area contributed by atoms with Crippen LogP contribution in [0.4, 0.5) is 0 Å². The third-order valence-corrected chi connectivity index (χ3v) is 3.19. The minimum Gasteiger partial charge on any atom is -0.493 e. The summed E-state index contributed by atoms with van der Waals surface area (Å²) in [6.07, 6.45) is 3.04. The first-order valence-electron chi connectivity index (χ1n) is 7.67. The van der Waals surface area contributed by atoms with Gasteiger partial charge in [0.1, 0.15) is 0 Å². The SMILES string of the molecule is CCCCNC(=O)c1ccc(OCCC(C)C)c(OC)c1. The first-order valence-corrected chi connectivity index (χ1v) is 7.67. The Hall–Kier alpha value is -1.71. The fraction of sp³-hybridized carbons (Fsp3) is 0.588.